The second-order valence-corrected chi connectivity index (χ2v) is 9.16. The molecule has 0 bridgehead atoms. The van der Waals surface area contributed by atoms with E-state index in [1.165, 1.54) is 26.4 Å². The van der Waals surface area contributed by atoms with Crippen LogP contribution in [0.2, 0.25) is 10.0 Å². The van der Waals surface area contributed by atoms with Crippen molar-refractivity contribution in [3.05, 3.63) is 76.9 Å². The molecule has 0 aliphatic carbocycles. The van der Waals surface area contributed by atoms with Crippen molar-refractivity contribution in [1.82, 2.24) is 19.4 Å². The number of aryl methyl sites for hydroxylation is 1. The third-order valence-corrected chi connectivity index (χ3v) is 6.78. The Balaban J connectivity index is 1.66. The van der Waals surface area contributed by atoms with Crippen molar-refractivity contribution in [3.63, 3.8) is 0 Å². The quantitative estimate of drug-likeness (QED) is 0.214. The van der Waals surface area contributed by atoms with E-state index in [1.807, 2.05) is 6.07 Å². The monoisotopic (exact) mass is 566 g/mol. The molecule has 9 nitrogen and oxygen atoms in total. The van der Waals surface area contributed by atoms with Gasteiger partial charge in [0.1, 0.15) is 23.0 Å². The van der Waals surface area contributed by atoms with Crippen LogP contribution in [0.3, 0.4) is 0 Å². The minimum atomic E-state index is -0.504. The normalized spacial score (nSPS) is 11.0. The van der Waals surface area contributed by atoms with E-state index in [2.05, 4.69) is 32.2 Å². The highest BCUT2D eigenvalue weighted by molar-refractivity contribution is 6.41. The number of imidazole rings is 1. The van der Waals surface area contributed by atoms with Gasteiger partial charge in [-0.2, -0.15) is 4.98 Å². The Bertz CT molecular complexity index is 1760. The molecule has 1 amide bonds. The van der Waals surface area contributed by atoms with Crippen molar-refractivity contribution in [2.75, 3.05) is 24.9 Å². The number of nitrogens with one attached hydrogen (secondary N) is 2. The van der Waals surface area contributed by atoms with E-state index in [9.17, 15) is 9.18 Å². The van der Waals surface area contributed by atoms with Gasteiger partial charge in [-0.25, -0.2) is 14.4 Å². The smallest absolute Gasteiger partial charge is 0.247 e. The Morgan fingerprint density at radius 2 is 1.79 bits per heavy atom. The molecule has 0 aliphatic heterocycles. The van der Waals surface area contributed by atoms with Crippen molar-refractivity contribution >= 4 is 63.1 Å². The molecule has 2 N–H and O–H groups in total. The molecule has 0 fully saturated rings. The van der Waals surface area contributed by atoms with Crippen LogP contribution in [0.5, 0.6) is 11.5 Å². The van der Waals surface area contributed by atoms with Crippen LogP contribution in [0.1, 0.15) is 5.56 Å². The van der Waals surface area contributed by atoms with Crippen molar-refractivity contribution in [2.24, 2.45) is 0 Å². The van der Waals surface area contributed by atoms with Gasteiger partial charge in [-0.1, -0.05) is 29.8 Å². The van der Waals surface area contributed by atoms with Crippen LogP contribution in [0, 0.1) is 12.7 Å². The van der Waals surface area contributed by atoms with Gasteiger partial charge in [-0.15, -0.1) is 0 Å². The third-order valence-electron chi connectivity index (χ3n) is 6.03. The van der Waals surface area contributed by atoms with Crippen LogP contribution in [0.15, 0.2) is 55.5 Å². The topological polar surface area (TPSA) is 103 Å². The first-order chi connectivity index (χ1) is 18.7. The number of carbonyl (C=O) groups is 1. The van der Waals surface area contributed by atoms with E-state index in [1.54, 1.807) is 36.0 Å². The van der Waals surface area contributed by atoms with Gasteiger partial charge in [0.15, 0.2) is 5.65 Å². The first-order valence-corrected chi connectivity index (χ1v) is 12.2. The zero-order chi connectivity index (χ0) is 27.8. The summed E-state index contributed by atoms with van der Waals surface area (Å²) in [6.45, 7) is 5.14. The van der Waals surface area contributed by atoms with Gasteiger partial charge in [0.2, 0.25) is 11.9 Å². The molecule has 0 saturated carbocycles. The van der Waals surface area contributed by atoms with Gasteiger partial charge in [0.25, 0.3) is 0 Å². The summed E-state index contributed by atoms with van der Waals surface area (Å²) in [5, 5.41) is 6.95. The molecule has 12 heteroatoms. The predicted octanol–water partition coefficient (Wildman–Crippen LogP) is 6.58. The maximum atomic E-state index is 14.1. The van der Waals surface area contributed by atoms with E-state index in [-0.39, 0.29) is 11.6 Å². The number of pyridine rings is 1. The molecule has 5 aromatic rings. The highest BCUT2D eigenvalue weighted by atomic mass is 35.5. The lowest BCUT2D eigenvalue weighted by Crippen LogP contribution is -2.11. The lowest BCUT2D eigenvalue weighted by atomic mass is 10.0. The molecule has 0 atom stereocenters. The number of methoxy groups -OCH3 is 2. The SMILES string of the molecule is C=CC(=O)Nc1cc(F)cc(C)c1Nc1ncc2cc(-c3c(Cl)c(OC)cc(OC)c3Cl)c3nccn3c2n1. The molecule has 0 radical (unpaired) electrons. The molecule has 3 aromatic heterocycles. The number of hydrogen-bond donors (Lipinski definition) is 2. The fourth-order valence-electron chi connectivity index (χ4n) is 4.24. The molecular formula is C27H21Cl2FN6O3. The number of nitrogens with zero attached hydrogens (tertiary/aromatic N) is 4. The number of halogens is 3. The summed E-state index contributed by atoms with van der Waals surface area (Å²) in [4.78, 5) is 25.6. The summed E-state index contributed by atoms with van der Waals surface area (Å²) < 4.78 is 26.7. The second kappa shape index (κ2) is 10.4. The Morgan fingerprint density at radius 3 is 2.46 bits per heavy atom. The lowest BCUT2D eigenvalue weighted by molar-refractivity contribution is -0.111. The maximum absolute atomic E-state index is 14.1. The zero-order valence-electron chi connectivity index (χ0n) is 21.0. The highest BCUT2D eigenvalue weighted by Crippen LogP contribution is 2.47. The van der Waals surface area contributed by atoms with Gasteiger partial charge < -0.3 is 20.1 Å². The Hall–Kier alpha value is -4.41. The average Bonchev–Trinajstić information content (AvgIpc) is 3.41. The van der Waals surface area contributed by atoms with E-state index >= 15 is 0 Å². The minimum absolute atomic E-state index is 0.216. The predicted molar refractivity (Wildman–Crippen MR) is 150 cm³/mol. The van der Waals surface area contributed by atoms with Gasteiger partial charge in [-0.05, 0) is 36.8 Å². The molecule has 2 aromatic carbocycles. The van der Waals surface area contributed by atoms with Gasteiger partial charge in [-0.3, -0.25) is 9.20 Å². The van der Waals surface area contributed by atoms with E-state index in [0.717, 1.165) is 6.08 Å². The second-order valence-electron chi connectivity index (χ2n) is 8.40. The largest absolute Gasteiger partial charge is 0.495 e. The van der Waals surface area contributed by atoms with Crippen LogP contribution in [0.4, 0.5) is 21.7 Å². The summed E-state index contributed by atoms with van der Waals surface area (Å²) in [6, 6.07) is 5.98. The molecular weight excluding hydrogens is 546 g/mol. The molecule has 39 heavy (non-hydrogen) atoms. The lowest BCUT2D eigenvalue weighted by Gasteiger charge is -2.17. The fourth-order valence-corrected chi connectivity index (χ4v) is 4.94. The van der Waals surface area contributed by atoms with Crippen LogP contribution in [-0.2, 0) is 4.79 Å². The molecule has 0 spiro atoms. The number of hydrogen-bond acceptors (Lipinski definition) is 7. The van der Waals surface area contributed by atoms with Crippen molar-refractivity contribution in [1.29, 1.82) is 0 Å². The minimum Gasteiger partial charge on any atom is -0.495 e. The number of aromatic nitrogens is 4. The van der Waals surface area contributed by atoms with Gasteiger partial charge in [0, 0.05) is 41.2 Å². The van der Waals surface area contributed by atoms with Crippen LogP contribution >= 0.6 is 23.2 Å². The Kier molecular flexibility index (Phi) is 6.98. The van der Waals surface area contributed by atoms with Crippen LogP contribution in [-0.4, -0.2) is 39.5 Å². The van der Waals surface area contributed by atoms with Gasteiger partial charge in [0.05, 0.1) is 35.6 Å². The summed E-state index contributed by atoms with van der Waals surface area (Å²) >= 11 is 13.4. The van der Waals surface area contributed by atoms with E-state index in [4.69, 9.17) is 32.7 Å². The van der Waals surface area contributed by atoms with Crippen LogP contribution in [0.25, 0.3) is 27.8 Å². The number of benzene rings is 2. The number of rotatable bonds is 7. The number of anilines is 3. The van der Waals surface area contributed by atoms with Crippen molar-refractivity contribution < 1.29 is 18.7 Å². The first kappa shape index (κ1) is 26.2. The number of amides is 1. The molecule has 3 heterocycles. The third kappa shape index (κ3) is 4.68. The highest BCUT2D eigenvalue weighted by Gasteiger charge is 2.23. The van der Waals surface area contributed by atoms with Crippen molar-refractivity contribution in [2.45, 2.75) is 6.92 Å². The summed E-state index contributed by atoms with van der Waals surface area (Å²) in [7, 11) is 3.01. The summed E-state index contributed by atoms with van der Waals surface area (Å²) in [5.41, 5.74) is 3.36. The number of fused-ring (bicyclic) bond motifs is 3. The maximum Gasteiger partial charge on any atom is 0.247 e. The Labute approximate surface area is 232 Å². The van der Waals surface area contributed by atoms with Gasteiger partial charge >= 0.3 is 0 Å². The molecule has 198 valence electrons. The van der Waals surface area contributed by atoms with E-state index < -0.39 is 11.7 Å². The average molecular weight is 567 g/mol. The zero-order valence-corrected chi connectivity index (χ0v) is 22.5. The fraction of sp³-hybridized carbons (Fsp3) is 0.111. The Morgan fingerprint density at radius 1 is 1.08 bits per heavy atom. The van der Waals surface area contributed by atoms with Crippen molar-refractivity contribution in [3.8, 4) is 22.6 Å². The van der Waals surface area contributed by atoms with Crippen LogP contribution < -0.4 is 20.1 Å². The molecule has 5 rings (SSSR count). The number of carbonyl (C=O) groups excluding carboxylic acids is 1. The first-order valence-electron chi connectivity index (χ1n) is 11.5. The summed E-state index contributed by atoms with van der Waals surface area (Å²) in [6.07, 6.45) is 6.09. The van der Waals surface area contributed by atoms with E-state index in [0.29, 0.717) is 60.6 Å². The number of ether oxygens (including phenoxy) is 2. The molecule has 0 aliphatic rings. The standard InChI is InChI=1S/C27H21Cl2FN6O3/c1-5-20(37)33-17-10-15(30)8-13(2)24(17)34-27-32-12-14-9-16(26-31-6-7-36(26)25(14)35-27)21-22(28)18(38-3)11-19(39-4)23(21)29/h5-12H,1H2,2-4H3,(H,33,37)(H,32,34,35). The summed E-state index contributed by atoms with van der Waals surface area (Å²) in [5.74, 6) is 0.0101. The molecule has 0 unspecified atom stereocenters. The molecule has 0 saturated heterocycles.